The maximum atomic E-state index is 14.1. The molecule has 0 spiro atoms. The summed E-state index contributed by atoms with van der Waals surface area (Å²) in [6, 6.07) is 5.27. The molecule has 2 aromatic rings. The van der Waals surface area contributed by atoms with E-state index in [4.69, 9.17) is 22.1 Å². The molecule has 0 bridgehead atoms. The summed E-state index contributed by atoms with van der Waals surface area (Å²) in [5.41, 5.74) is 5.29. The molecular weight excluding hydrogens is 574 g/mol. The van der Waals surface area contributed by atoms with Crippen molar-refractivity contribution in [1.29, 1.82) is 0 Å². The van der Waals surface area contributed by atoms with Crippen LogP contribution in [0.5, 0.6) is 0 Å². The third kappa shape index (κ3) is 6.54. The van der Waals surface area contributed by atoms with E-state index in [1.54, 1.807) is 31.0 Å². The van der Waals surface area contributed by atoms with Crippen LogP contribution in [-0.4, -0.2) is 123 Å². The fraction of sp³-hybridized carbons (Fsp3) is 0.481. The first kappa shape index (κ1) is 30.8. The number of morpholine rings is 1. The topological polar surface area (TPSA) is 151 Å². The Morgan fingerprint density at radius 1 is 1.20 bits per heavy atom. The Hall–Kier alpha value is -3.10. The first-order valence-electron chi connectivity index (χ1n) is 13.3. The number of primary amides is 1. The SMILES string of the molecule is C[C@@H](C(=O)N(C)CCN1CCOCC1)N1CC[C@H](N(CC(N)=O)S(=O)(=O)c2c(C=O)ccc3cc(Cl)ccc23)C1=O. The van der Waals surface area contributed by atoms with E-state index in [1.165, 1.54) is 23.1 Å². The highest BCUT2D eigenvalue weighted by molar-refractivity contribution is 7.89. The molecule has 2 aliphatic heterocycles. The van der Waals surface area contributed by atoms with E-state index < -0.39 is 40.5 Å². The summed E-state index contributed by atoms with van der Waals surface area (Å²) in [5, 5.41) is 1.03. The zero-order valence-corrected chi connectivity index (χ0v) is 24.6. The molecule has 0 unspecified atom stereocenters. The minimum atomic E-state index is -4.60. The molecule has 2 atom stereocenters. The van der Waals surface area contributed by atoms with Crippen molar-refractivity contribution in [3.63, 3.8) is 0 Å². The van der Waals surface area contributed by atoms with Crippen LogP contribution >= 0.6 is 11.6 Å². The van der Waals surface area contributed by atoms with Crippen LogP contribution in [0, 0.1) is 0 Å². The molecule has 2 heterocycles. The van der Waals surface area contributed by atoms with Gasteiger partial charge in [-0.25, -0.2) is 8.42 Å². The van der Waals surface area contributed by atoms with Crippen LogP contribution < -0.4 is 5.73 Å². The normalized spacial score (nSPS) is 19.1. The van der Waals surface area contributed by atoms with Crippen LogP contribution in [0.3, 0.4) is 0 Å². The number of likely N-dealkylation sites (N-methyl/N-ethyl adjacent to an activating group) is 1. The van der Waals surface area contributed by atoms with Crippen molar-refractivity contribution < 1.29 is 32.3 Å². The summed E-state index contributed by atoms with van der Waals surface area (Å²) in [4.78, 5) is 55.5. The summed E-state index contributed by atoms with van der Waals surface area (Å²) in [6.45, 7) is 4.88. The van der Waals surface area contributed by atoms with Crippen LogP contribution in [-0.2, 0) is 29.1 Å². The Bertz CT molecular complexity index is 1450. The molecular formula is C27H34ClN5O7S. The number of nitrogens with two attached hydrogens (primary N) is 1. The maximum Gasteiger partial charge on any atom is 0.245 e. The predicted octanol–water partition coefficient (Wildman–Crippen LogP) is 0.562. The van der Waals surface area contributed by atoms with Gasteiger partial charge in [-0.3, -0.25) is 24.1 Å². The highest BCUT2D eigenvalue weighted by Gasteiger charge is 2.46. The summed E-state index contributed by atoms with van der Waals surface area (Å²) in [5.74, 6) is -1.87. The zero-order valence-electron chi connectivity index (χ0n) is 23.0. The van der Waals surface area contributed by atoms with E-state index in [9.17, 15) is 27.6 Å². The number of rotatable bonds is 11. The van der Waals surface area contributed by atoms with Gasteiger partial charge in [-0.15, -0.1) is 0 Å². The van der Waals surface area contributed by atoms with Crippen LogP contribution in [0.1, 0.15) is 23.7 Å². The van der Waals surface area contributed by atoms with Gasteiger partial charge < -0.3 is 20.3 Å². The smallest absolute Gasteiger partial charge is 0.245 e. The number of ether oxygens (including phenoxy) is 1. The van der Waals surface area contributed by atoms with Crippen molar-refractivity contribution in [3.8, 4) is 0 Å². The van der Waals surface area contributed by atoms with E-state index >= 15 is 0 Å². The number of aldehydes is 1. The third-order valence-corrected chi connectivity index (χ3v) is 9.79. The van der Waals surface area contributed by atoms with Gasteiger partial charge in [-0.2, -0.15) is 4.31 Å². The summed E-state index contributed by atoms with van der Waals surface area (Å²) in [7, 11) is -2.94. The highest BCUT2D eigenvalue weighted by Crippen LogP contribution is 2.33. The maximum absolute atomic E-state index is 14.1. The number of halogens is 1. The summed E-state index contributed by atoms with van der Waals surface area (Å²) < 4.78 is 34.3. The molecule has 0 aliphatic carbocycles. The van der Waals surface area contributed by atoms with Crippen LogP contribution in [0.2, 0.25) is 5.02 Å². The van der Waals surface area contributed by atoms with E-state index in [0.29, 0.717) is 43.0 Å². The number of amides is 3. The lowest BCUT2D eigenvalue weighted by Gasteiger charge is -2.32. The second-order valence-corrected chi connectivity index (χ2v) is 12.5. The standard InChI is InChI=1S/C27H34ClN5O7S/c1-18(26(36)30(2)9-10-31-11-13-40-14-12-31)32-8-7-23(27(32)37)33(16-24(29)35)41(38,39)25-20(17-34)4-3-19-15-21(28)5-6-22(19)25/h3-6,15,17-18,23H,7-14,16H2,1-2H3,(H2,29,35)/t18-,23-/m0/s1. The lowest BCUT2D eigenvalue weighted by atomic mass is 10.1. The molecule has 2 aliphatic rings. The lowest BCUT2D eigenvalue weighted by Crippen LogP contribution is -2.52. The van der Waals surface area contributed by atoms with Crippen LogP contribution in [0.25, 0.3) is 10.8 Å². The molecule has 222 valence electrons. The Morgan fingerprint density at radius 3 is 2.56 bits per heavy atom. The fourth-order valence-corrected chi connectivity index (χ4v) is 7.44. The average molecular weight is 608 g/mol. The van der Waals surface area contributed by atoms with Gasteiger partial charge in [0, 0.05) is 55.7 Å². The Balaban J connectivity index is 1.59. The van der Waals surface area contributed by atoms with Crippen molar-refractivity contribution in [2.45, 2.75) is 30.3 Å². The monoisotopic (exact) mass is 607 g/mol. The number of likely N-dealkylation sites (tertiary alicyclic amines) is 1. The number of benzene rings is 2. The number of sulfonamides is 1. The molecule has 4 rings (SSSR count). The first-order valence-corrected chi connectivity index (χ1v) is 15.1. The zero-order chi connectivity index (χ0) is 29.9. The molecule has 12 nitrogen and oxygen atoms in total. The third-order valence-electron chi connectivity index (χ3n) is 7.58. The van der Waals surface area contributed by atoms with Gasteiger partial charge in [0.1, 0.15) is 17.0 Å². The van der Waals surface area contributed by atoms with E-state index in [-0.39, 0.29) is 34.7 Å². The van der Waals surface area contributed by atoms with Gasteiger partial charge in [-0.1, -0.05) is 23.7 Å². The number of hydrogen-bond acceptors (Lipinski definition) is 8. The number of hydrogen-bond donors (Lipinski definition) is 1. The van der Waals surface area contributed by atoms with Gasteiger partial charge >= 0.3 is 0 Å². The van der Waals surface area contributed by atoms with Gasteiger partial charge in [0.2, 0.25) is 27.7 Å². The molecule has 2 saturated heterocycles. The number of fused-ring (bicyclic) bond motifs is 1. The molecule has 2 fully saturated rings. The molecule has 0 radical (unpaired) electrons. The van der Waals surface area contributed by atoms with Crippen LogP contribution in [0.15, 0.2) is 35.2 Å². The minimum Gasteiger partial charge on any atom is -0.379 e. The van der Waals surface area contributed by atoms with Gasteiger partial charge in [0.15, 0.2) is 6.29 Å². The molecule has 14 heteroatoms. The van der Waals surface area contributed by atoms with Crippen molar-refractivity contribution >= 4 is 56.4 Å². The number of nitrogens with zero attached hydrogens (tertiary/aromatic N) is 4. The highest BCUT2D eigenvalue weighted by atomic mass is 35.5. The summed E-state index contributed by atoms with van der Waals surface area (Å²) in [6.07, 6.45) is 0.438. The average Bonchev–Trinajstić information content (AvgIpc) is 3.33. The molecule has 2 N–H and O–H groups in total. The van der Waals surface area contributed by atoms with Crippen molar-refractivity contribution in [3.05, 3.63) is 40.9 Å². The molecule has 3 amide bonds. The Kier molecular flexibility index (Phi) is 9.65. The fourth-order valence-electron chi connectivity index (χ4n) is 5.32. The number of carbonyl (C=O) groups excluding carboxylic acids is 4. The van der Waals surface area contributed by atoms with Gasteiger partial charge in [0.25, 0.3) is 0 Å². The molecule has 0 aromatic heterocycles. The van der Waals surface area contributed by atoms with E-state index in [2.05, 4.69) is 4.90 Å². The van der Waals surface area contributed by atoms with Crippen molar-refractivity contribution in [2.24, 2.45) is 5.73 Å². The van der Waals surface area contributed by atoms with Crippen molar-refractivity contribution in [1.82, 2.24) is 19.0 Å². The van der Waals surface area contributed by atoms with Crippen LogP contribution in [0.4, 0.5) is 0 Å². The quantitative estimate of drug-likeness (QED) is 0.364. The van der Waals surface area contributed by atoms with E-state index in [1.807, 2.05) is 0 Å². The van der Waals surface area contributed by atoms with E-state index in [0.717, 1.165) is 17.4 Å². The largest absolute Gasteiger partial charge is 0.379 e. The van der Waals surface area contributed by atoms with Crippen molar-refractivity contribution in [2.75, 3.05) is 59.5 Å². The Labute approximate surface area is 244 Å². The second-order valence-electron chi connectivity index (χ2n) is 10.2. The lowest BCUT2D eigenvalue weighted by molar-refractivity contribution is -0.143. The predicted molar refractivity (Wildman–Crippen MR) is 152 cm³/mol. The van der Waals surface area contributed by atoms with Gasteiger partial charge in [0.05, 0.1) is 19.8 Å². The second kappa shape index (κ2) is 12.8. The molecule has 41 heavy (non-hydrogen) atoms. The molecule has 2 aromatic carbocycles. The number of carbonyl (C=O) groups is 4. The first-order chi connectivity index (χ1) is 19.4. The Morgan fingerprint density at radius 2 is 1.90 bits per heavy atom. The minimum absolute atomic E-state index is 0.0352. The van der Waals surface area contributed by atoms with Gasteiger partial charge in [-0.05, 0) is 36.9 Å². The summed E-state index contributed by atoms with van der Waals surface area (Å²) >= 11 is 6.09. The molecule has 0 saturated carbocycles.